The number of hydrogen-bond donors (Lipinski definition) is 1. The Morgan fingerprint density at radius 3 is 2.12 bits per heavy atom. The summed E-state index contributed by atoms with van der Waals surface area (Å²) in [4.78, 5) is 18.2. The molecule has 0 spiro atoms. The first-order valence-electron chi connectivity index (χ1n) is 12.8. The van der Waals surface area contributed by atoms with Gasteiger partial charge in [-0.2, -0.15) is 0 Å². The zero-order valence-electron chi connectivity index (χ0n) is 22.3. The van der Waals surface area contributed by atoms with E-state index >= 15 is 0 Å². The quantitative estimate of drug-likeness (QED) is 0.185. The minimum absolute atomic E-state index is 0.0310. The topological polar surface area (TPSA) is 96.8 Å². The summed E-state index contributed by atoms with van der Waals surface area (Å²) >= 11 is 5.91. The number of pyridine rings is 1. The fraction of sp³-hybridized carbons (Fsp3) is 0.226. The van der Waals surface area contributed by atoms with Crippen molar-refractivity contribution in [1.29, 1.82) is 0 Å². The molecule has 0 amide bonds. The van der Waals surface area contributed by atoms with Crippen LogP contribution in [0.5, 0.6) is 0 Å². The van der Waals surface area contributed by atoms with Gasteiger partial charge in [-0.15, -0.1) is 0 Å². The van der Waals surface area contributed by atoms with E-state index in [2.05, 4.69) is 21.5 Å². The Labute approximate surface area is 239 Å². The molecule has 0 aliphatic heterocycles. The van der Waals surface area contributed by atoms with E-state index in [4.69, 9.17) is 11.6 Å². The highest BCUT2D eigenvalue weighted by Crippen LogP contribution is 2.24. The lowest BCUT2D eigenvalue weighted by molar-refractivity contribution is 0.0600. The number of aromatic nitrogens is 1. The Kier molecular flexibility index (Phi) is 9.71. The number of esters is 1. The standard InChI is InChI=1S/C31H31ClN2O5S/c1-22(34(20-24-6-4-3-5-7-24)21-29(35)26-12-17-30(32)33-19-26)18-23-8-13-27(14-9-23)40(37,38)28-15-10-25(11-16-28)31(36)39-2/h3-17,19,22,29,35H,18,20-21H2,1-2H3/t22-,29+/m1/s1. The number of benzene rings is 3. The fourth-order valence-corrected chi connectivity index (χ4v) is 5.80. The molecule has 1 aromatic heterocycles. The average molecular weight is 579 g/mol. The second-order valence-electron chi connectivity index (χ2n) is 9.56. The molecule has 208 valence electrons. The first-order valence-corrected chi connectivity index (χ1v) is 14.6. The summed E-state index contributed by atoms with van der Waals surface area (Å²) < 4.78 is 31.0. The van der Waals surface area contributed by atoms with Crippen LogP contribution in [0, 0.1) is 0 Å². The van der Waals surface area contributed by atoms with E-state index < -0.39 is 21.9 Å². The van der Waals surface area contributed by atoms with Crippen LogP contribution < -0.4 is 0 Å². The van der Waals surface area contributed by atoms with Crippen molar-refractivity contribution in [3.63, 3.8) is 0 Å². The minimum Gasteiger partial charge on any atom is -0.465 e. The summed E-state index contributed by atoms with van der Waals surface area (Å²) in [7, 11) is -2.48. The SMILES string of the molecule is COC(=O)c1ccc(S(=O)(=O)c2ccc(C[C@@H](C)N(Cc3ccccc3)C[C@H](O)c3ccc(Cl)nc3)cc2)cc1. The molecule has 1 N–H and O–H groups in total. The van der Waals surface area contributed by atoms with E-state index in [0.29, 0.717) is 30.2 Å². The van der Waals surface area contributed by atoms with E-state index in [1.165, 1.54) is 31.4 Å². The number of rotatable bonds is 11. The van der Waals surface area contributed by atoms with Crippen molar-refractivity contribution >= 4 is 27.4 Å². The van der Waals surface area contributed by atoms with Crippen molar-refractivity contribution in [3.8, 4) is 0 Å². The maximum absolute atomic E-state index is 13.1. The summed E-state index contributed by atoms with van der Waals surface area (Å²) in [6.45, 7) is 3.10. The van der Waals surface area contributed by atoms with Crippen LogP contribution in [0.2, 0.25) is 5.15 Å². The number of ether oxygens (including phenoxy) is 1. The van der Waals surface area contributed by atoms with Crippen LogP contribution in [0.4, 0.5) is 0 Å². The van der Waals surface area contributed by atoms with Crippen molar-refractivity contribution in [2.24, 2.45) is 0 Å². The molecule has 3 aromatic carbocycles. The number of methoxy groups -OCH3 is 1. The van der Waals surface area contributed by atoms with Crippen LogP contribution in [0.25, 0.3) is 0 Å². The van der Waals surface area contributed by atoms with Crippen LogP contribution in [0.15, 0.2) is 107 Å². The van der Waals surface area contributed by atoms with E-state index in [0.717, 1.165) is 11.1 Å². The van der Waals surface area contributed by atoms with E-state index in [9.17, 15) is 18.3 Å². The summed E-state index contributed by atoms with van der Waals surface area (Å²) in [5.41, 5.74) is 3.05. The Morgan fingerprint density at radius 1 is 0.925 bits per heavy atom. The van der Waals surface area contributed by atoms with E-state index in [1.54, 1.807) is 30.5 Å². The number of halogens is 1. The molecule has 2 atom stereocenters. The highest BCUT2D eigenvalue weighted by molar-refractivity contribution is 7.91. The lowest BCUT2D eigenvalue weighted by atomic mass is 10.0. The number of nitrogens with zero attached hydrogens (tertiary/aromatic N) is 2. The number of aliphatic hydroxyl groups is 1. The molecule has 0 radical (unpaired) electrons. The summed E-state index contributed by atoms with van der Waals surface area (Å²) in [6.07, 6.45) is 1.47. The van der Waals surface area contributed by atoms with Gasteiger partial charge in [-0.1, -0.05) is 60.1 Å². The predicted molar refractivity (Wildman–Crippen MR) is 154 cm³/mol. The molecule has 7 nitrogen and oxygen atoms in total. The molecule has 4 rings (SSSR count). The molecular weight excluding hydrogens is 548 g/mol. The third-order valence-electron chi connectivity index (χ3n) is 6.74. The monoisotopic (exact) mass is 578 g/mol. The van der Waals surface area contributed by atoms with Crippen molar-refractivity contribution < 1.29 is 23.1 Å². The fourth-order valence-electron chi connectivity index (χ4n) is 4.43. The zero-order chi connectivity index (χ0) is 28.7. The number of hydrogen-bond acceptors (Lipinski definition) is 7. The van der Waals surface area contributed by atoms with Gasteiger partial charge in [0, 0.05) is 30.9 Å². The molecule has 0 unspecified atom stereocenters. The normalized spacial score (nSPS) is 13.1. The highest BCUT2D eigenvalue weighted by Gasteiger charge is 2.22. The Morgan fingerprint density at radius 2 is 1.55 bits per heavy atom. The van der Waals surface area contributed by atoms with Crippen molar-refractivity contribution in [1.82, 2.24) is 9.88 Å². The van der Waals surface area contributed by atoms with Gasteiger partial charge in [0.15, 0.2) is 0 Å². The second-order valence-corrected chi connectivity index (χ2v) is 11.9. The average Bonchev–Trinajstić information content (AvgIpc) is 2.97. The lowest BCUT2D eigenvalue weighted by Crippen LogP contribution is -2.37. The molecule has 0 saturated heterocycles. The van der Waals surface area contributed by atoms with Crippen LogP contribution in [-0.2, 0) is 27.5 Å². The second kappa shape index (κ2) is 13.2. The van der Waals surface area contributed by atoms with E-state index in [1.807, 2.05) is 42.5 Å². The van der Waals surface area contributed by atoms with Gasteiger partial charge in [-0.25, -0.2) is 18.2 Å². The van der Waals surface area contributed by atoms with Crippen LogP contribution in [0.1, 0.15) is 40.1 Å². The van der Waals surface area contributed by atoms with E-state index in [-0.39, 0.29) is 21.4 Å². The van der Waals surface area contributed by atoms with Gasteiger partial charge < -0.3 is 9.84 Å². The molecule has 1 heterocycles. The molecule has 40 heavy (non-hydrogen) atoms. The molecule has 0 aliphatic rings. The Bertz CT molecular complexity index is 1510. The molecule has 0 fully saturated rings. The first kappa shape index (κ1) is 29.4. The van der Waals surface area contributed by atoms with Crippen molar-refractivity contribution in [2.75, 3.05) is 13.7 Å². The number of sulfone groups is 1. The third-order valence-corrected chi connectivity index (χ3v) is 8.75. The summed E-state index contributed by atoms with van der Waals surface area (Å²) in [5.74, 6) is -0.527. The number of carbonyl (C=O) groups is 1. The third kappa shape index (κ3) is 7.34. The lowest BCUT2D eigenvalue weighted by Gasteiger charge is -2.31. The summed E-state index contributed by atoms with van der Waals surface area (Å²) in [6, 6.07) is 26.0. The molecule has 4 aromatic rings. The smallest absolute Gasteiger partial charge is 0.337 e. The highest BCUT2D eigenvalue weighted by atomic mass is 35.5. The Hall–Kier alpha value is -3.56. The molecule has 9 heteroatoms. The first-order chi connectivity index (χ1) is 19.2. The largest absolute Gasteiger partial charge is 0.465 e. The van der Waals surface area contributed by atoms with Gasteiger partial charge in [0.25, 0.3) is 0 Å². The van der Waals surface area contributed by atoms with Crippen molar-refractivity contribution in [2.45, 2.75) is 41.8 Å². The van der Waals surface area contributed by atoms with Gasteiger partial charge >= 0.3 is 5.97 Å². The maximum Gasteiger partial charge on any atom is 0.337 e. The van der Waals surface area contributed by atoms with Gasteiger partial charge in [0.05, 0.1) is 28.6 Å². The zero-order valence-corrected chi connectivity index (χ0v) is 23.8. The van der Waals surface area contributed by atoms with Crippen LogP contribution >= 0.6 is 11.6 Å². The molecule has 0 bridgehead atoms. The number of aliphatic hydroxyl groups excluding tert-OH is 1. The van der Waals surface area contributed by atoms with Gasteiger partial charge in [-0.3, -0.25) is 4.90 Å². The van der Waals surface area contributed by atoms with Gasteiger partial charge in [0.2, 0.25) is 9.84 Å². The molecular formula is C31H31ClN2O5S. The van der Waals surface area contributed by atoms with Crippen molar-refractivity contribution in [3.05, 3.63) is 125 Å². The Balaban J connectivity index is 1.49. The number of carbonyl (C=O) groups excluding carboxylic acids is 1. The minimum atomic E-state index is -3.75. The summed E-state index contributed by atoms with van der Waals surface area (Å²) in [5, 5.41) is 11.3. The van der Waals surface area contributed by atoms with Gasteiger partial charge in [-0.05, 0) is 66.9 Å². The molecule has 0 aliphatic carbocycles. The maximum atomic E-state index is 13.1. The molecule has 0 saturated carbocycles. The predicted octanol–water partition coefficient (Wildman–Crippen LogP) is 5.52. The van der Waals surface area contributed by atoms with Gasteiger partial charge in [0.1, 0.15) is 5.15 Å². The van der Waals surface area contributed by atoms with Crippen LogP contribution in [0.3, 0.4) is 0 Å². The van der Waals surface area contributed by atoms with Crippen LogP contribution in [-0.4, -0.2) is 49.1 Å².